The van der Waals surface area contributed by atoms with E-state index in [1.807, 2.05) is 0 Å². The Labute approximate surface area is 105 Å². The van der Waals surface area contributed by atoms with E-state index in [1.165, 1.54) is 0 Å². The molecule has 1 aromatic rings. The maximum absolute atomic E-state index is 11.8. The van der Waals surface area contributed by atoms with Crippen molar-refractivity contribution in [1.82, 2.24) is 10.3 Å². The van der Waals surface area contributed by atoms with Crippen LogP contribution in [0.5, 0.6) is 0 Å². The van der Waals surface area contributed by atoms with Crippen LogP contribution >= 0.6 is 11.6 Å². The van der Waals surface area contributed by atoms with Gasteiger partial charge in [0.2, 0.25) is 0 Å². The highest BCUT2D eigenvalue weighted by Gasteiger charge is 2.17. The zero-order chi connectivity index (χ0) is 12.1. The van der Waals surface area contributed by atoms with Crippen LogP contribution in [0.4, 0.5) is 0 Å². The first-order valence-corrected chi connectivity index (χ1v) is 6.06. The van der Waals surface area contributed by atoms with Crippen LogP contribution in [-0.4, -0.2) is 36.6 Å². The summed E-state index contributed by atoms with van der Waals surface area (Å²) in [4.78, 5) is 15.7. The number of carbonyl (C=O) groups excluding carboxylic acids is 1. The van der Waals surface area contributed by atoms with Crippen LogP contribution in [-0.2, 0) is 16.0 Å². The molecule has 1 aromatic heterocycles. The van der Waals surface area contributed by atoms with Gasteiger partial charge in [-0.05, 0) is 11.6 Å². The van der Waals surface area contributed by atoms with Crippen molar-refractivity contribution in [3.8, 4) is 0 Å². The molecule has 1 fully saturated rings. The number of Topliss-reactive ketones (excluding diaryl/α,β-unsaturated/α-hetero) is 1. The van der Waals surface area contributed by atoms with E-state index in [-0.39, 0.29) is 11.9 Å². The van der Waals surface area contributed by atoms with E-state index in [0.29, 0.717) is 24.5 Å². The number of ketones is 1. The average molecular weight is 255 g/mol. The fourth-order valence-corrected chi connectivity index (χ4v) is 2.02. The summed E-state index contributed by atoms with van der Waals surface area (Å²) in [5.41, 5.74) is 0.829. The van der Waals surface area contributed by atoms with E-state index in [4.69, 9.17) is 16.3 Å². The van der Waals surface area contributed by atoms with Crippen molar-refractivity contribution in [2.24, 2.45) is 0 Å². The van der Waals surface area contributed by atoms with Crippen molar-refractivity contribution < 1.29 is 9.53 Å². The Balaban J connectivity index is 1.86. The second-order valence-electron chi connectivity index (χ2n) is 4.08. The molecule has 4 nitrogen and oxygen atoms in total. The standard InChI is InChI=1S/C12H15ClN2O2/c13-12-8-14-2-1-9(12)5-10(16)6-11-7-15-3-4-17-11/h1-2,8,11,15H,3-7H2. The van der Waals surface area contributed by atoms with E-state index < -0.39 is 0 Å². The van der Waals surface area contributed by atoms with E-state index in [0.717, 1.165) is 18.7 Å². The van der Waals surface area contributed by atoms with Gasteiger partial charge in [-0.1, -0.05) is 11.6 Å². The molecule has 0 aliphatic carbocycles. The lowest BCUT2D eigenvalue weighted by atomic mass is 10.1. The van der Waals surface area contributed by atoms with E-state index >= 15 is 0 Å². The van der Waals surface area contributed by atoms with Crippen LogP contribution in [0.3, 0.4) is 0 Å². The number of nitrogens with one attached hydrogen (secondary N) is 1. The number of halogens is 1. The van der Waals surface area contributed by atoms with Gasteiger partial charge < -0.3 is 10.1 Å². The Hall–Kier alpha value is -0.970. The summed E-state index contributed by atoms with van der Waals surface area (Å²) in [6.45, 7) is 2.28. The molecule has 0 radical (unpaired) electrons. The van der Waals surface area contributed by atoms with Crippen molar-refractivity contribution in [2.45, 2.75) is 18.9 Å². The van der Waals surface area contributed by atoms with E-state index in [9.17, 15) is 4.79 Å². The first-order valence-electron chi connectivity index (χ1n) is 5.68. The summed E-state index contributed by atoms with van der Waals surface area (Å²) >= 11 is 5.95. The number of ether oxygens (including phenoxy) is 1. The first-order chi connectivity index (χ1) is 8.25. The third-order valence-corrected chi connectivity index (χ3v) is 3.04. The summed E-state index contributed by atoms with van der Waals surface area (Å²) in [6.07, 6.45) is 3.99. The van der Waals surface area contributed by atoms with Crippen LogP contribution in [0.1, 0.15) is 12.0 Å². The minimum atomic E-state index is -0.00290. The number of nitrogens with zero attached hydrogens (tertiary/aromatic N) is 1. The normalized spacial score (nSPS) is 20.2. The molecule has 0 bridgehead atoms. The van der Waals surface area contributed by atoms with Crippen molar-refractivity contribution in [1.29, 1.82) is 0 Å². The molecule has 1 atom stereocenters. The minimum absolute atomic E-state index is 0.00290. The fourth-order valence-electron chi connectivity index (χ4n) is 1.84. The van der Waals surface area contributed by atoms with Crippen molar-refractivity contribution in [3.05, 3.63) is 29.0 Å². The number of pyridine rings is 1. The van der Waals surface area contributed by atoms with Gasteiger partial charge in [0, 0.05) is 38.3 Å². The summed E-state index contributed by atoms with van der Waals surface area (Å²) in [5, 5.41) is 3.75. The Kier molecular flexibility index (Phi) is 4.48. The Bertz CT molecular complexity index is 392. The van der Waals surface area contributed by atoms with Crippen molar-refractivity contribution in [3.63, 3.8) is 0 Å². The molecule has 1 aliphatic rings. The maximum atomic E-state index is 11.8. The van der Waals surface area contributed by atoms with Crippen molar-refractivity contribution >= 4 is 17.4 Å². The summed E-state index contributed by atoms with van der Waals surface area (Å²) in [6, 6.07) is 1.78. The predicted molar refractivity (Wildman–Crippen MR) is 65.2 cm³/mol. The van der Waals surface area contributed by atoms with Crippen LogP contribution in [0.15, 0.2) is 18.5 Å². The molecule has 0 amide bonds. The number of hydrogen-bond acceptors (Lipinski definition) is 4. The van der Waals surface area contributed by atoms with Gasteiger partial charge in [-0.2, -0.15) is 0 Å². The average Bonchev–Trinajstić information content (AvgIpc) is 2.33. The van der Waals surface area contributed by atoms with Gasteiger partial charge in [-0.15, -0.1) is 0 Å². The van der Waals surface area contributed by atoms with E-state index in [2.05, 4.69) is 10.3 Å². The largest absolute Gasteiger partial charge is 0.375 e. The molecule has 1 unspecified atom stereocenters. The lowest BCUT2D eigenvalue weighted by Gasteiger charge is -2.22. The van der Waals surface area contributed by atoms with Crippen LogP contribution in [0, 0.1) is 0 Å². The molecule has 5 heteroatoms. The monoisotopic (exact) mass is 254 g/mol. The zero-order valence-electron chi connectivity index (χ0n) is 9.49. The Morgan fingerprint density at radius 2 is 2.53 bits per heavy atom. The molecule has 1 saturated heterocycles. The summed E-state index contributed by atoms with van der Waals surface area (Å²) in [5.74, 6) is 0.145. The van der Waals surface area contributed by atoms with Crippen LogP contribution < -0.4 is 5.32 Å². The molecule has 0 aromatic carbocycles. The third-order valence-electron chi connectivity index (χ3n) is 2.70. The van der Waals surface area contributed by atoms with Gasteiger partial charge in [0.15, 0.2) is 0 Å². The smallest absolute Gasteiger partial charge is 0.139 e. The van der Waals surface area contributed by atoms with Gasteiger partial charge in [0.05, 0.1) is 17.7 Å². The third kappa shape index (κ3) is 3.77. The number of aromatic nitrogens is 1. The number of carbonyl (C=O) groups is 1. The van der Waals surface area contributed by atoms with Gasteiger partial charge >= 0.3 is 0 Å². The second kappa shape index (κ2) is 6.10. The number of hydrogen-bond donors (Lipinski definition) is 1. The molecule has 1 N–H and O–H groups in total. The van der Waals surface area contributed by atoms with Crippen LogP contribution in [0.25, 0.3) is 0 Å². The topological polar surface area (TPSA) is 51.2 Å². The fraction of sp³-hybridized carbons (Fsp3) is 0.500. The number of rotatable bonds is 4. The lowest BCUT2D eigenvalue weighted by molar-refractivity contribution is -0.121. The van der Waals surface area contributed by atoms with Crippen LogP contribution in [0.2, 0.25) is 5.02 Å². The predicted octanol–water partition coefficient (Wildman–Crippen LogP) is 1.23. The molecular formula is C12H15ClN2O2. The Morgan fingerprint density at radius 1 is 1.65 bits per heavy atom. The van der Waals surface area contributed by atoms with Crippen molar-refractivity contribution in [2.75, 3.05) is 19.7 Å². The summed E-state index contributed by atoms with van der Waals surface area (Å²) in [7, 11) is 0. The quantitative estimate of drug-likeness (QED) is 0.878. The highest BCUT2D eigenvalue weighted by Crippen LogP contribution is 2.15. The molecule has 92 valence electrons. The molecular weight excluding hydrogens is 240 g/mol. The first kappa shape index (κ1) is 12.5. The minimum Gasteiger partial charge on any atom is -0.375 e. The number of morpholine rings is 1. The lowest BCUT2D eigenvalue weighted by Crippen LogP contribution is -2.39. The van der Waals surface area contributed by atoms with Gasteiger partial charge in [-0.3, -0.25) is 9.78 Å². The molecule has 2 rings (SSSR count). The van der Waals surface area contributed by atoms with Gasteiger partial charge in [-0.25, -0.2) is 0 Å². The van der Waals surface area contributed by atoms with Gasteiger partial charge in [0.25, 0.3) is 0 Å². The molecule has 1 aliphatic heterocycles. The zero-order valence-corrected chi connectivity index (χ0v) is 10.2. The molecule has 0 saturated carbocycles. The molecule has 0 spiro atoms. The Morgan fingerprint density at radius 3 is 3.24 bits per heavy atom. The molecule has 17 heavy (non-hydrogen) atoms. The highest BCUT2D eigenvalue weighted by molar-refractivity contribution is 6.31. The van der Waals surface area contributed by atoms with Gasteiger partial charge in [0.1, 0.15) is 5.78 Å². The highest BCUT2D eigenvalue weighted by atomic mass is 35.5. The second-order valence-corrected chi connectivity index (χ2v) is 4.49. The summed E-state index contributed by atoms with van der Waals surface area (Å²) < 4.78 is 5.49. The van der Waals surface area contributed by atoms with E-state index in [1.54, 1.807) is 18.5 Å². The molecule has 2 heterocycles. The maximum Gasteiger partial charge on any atom is 0.139 e. The SMILES string of the molecule is O=C(Cc1ccncc1Cl)CC1CNCCO1.